The van der Waals surface area contributed by atoms with Crippen LogP contribution in [0.15, 0.2) is 0 Å². The summed E-state index contributed by atoms with van der Waals surface area (Å²) >= 11 is 0. The molecule has 3 rings (SSSR count). The Bertz CT molecular complexity index is 468. The van der Waals surface area contributed by atoms with Gasteiger partial charge in [-0.2, -0.15) is 0 Å². The number of amides is 2. The average Bonchev–Trinajstić information content (AvgIpc) is 2.87. The van der Waals surface area contributed by atoms with Crippen molar-refractivity contribution in [2.45, 2.75) is 70.9 Å². The average molecular weight is 379 g/mol. The van der Waals surface area contributed by atoms with Gasteiger partial charge in [-0.3, -0.25) is 19.4 Å². The van der Waals surface area contributed by atoms with Crippen molar-refractivity contribution in [1.29, 1.82) is 0 Å². The highest BCUT2D eigenvalue weighted by Crippen LogP contribution is 2.18. The van der Waals surface area contributed by atoms with E-state index in [-0.39, 0.29) is 11.8 Å². The molecule has 2 atom stereocenters. The number of carbonyl (C=O) groups excluding carboxylic acids is 2. The Labute approximate surface area is 164 Å². The third-order valence-corrected chi connectivity index (χ3v) is 6.65. The second-order valence-electron chi connectivity index (χ2n) is 8.77. The van der Waals surface area contributed by atoms with Crippen molar-refractivity contribution in [1.82, 2.24) is 19.6 Å². The lowest BCUT2D eigenvalue weighted by molar-refractivity contribution is -0.136. The number of hydrogen-bond donors (Lipinski definition) is 0. The lowest BCUT2D eigenvalue weighted by Crippen LogP contribution is -2.48. The summed E-state index contributed by atoms with van der Waals surface area (Å²) < 4.78 is 0. The monoisotopic (exact) mass is 378 g/mol. The summed E-state index contributed by atoms with van der Waals surface area (Å²) in [7, 11) is 0. The highest BCUT2D eigenvalue weighted by atomic mass is 16.2. The van der Waals surface area contributed by atoms with Crippen molar-refractivity contribution in [3.05, 3.63) is 0 Å². The van der Waals surface area contributed by atoms with Gasteiger partial charge in [0.2, 0.25) is 11.8 Å². The Hall–Kier alpha value is -1.14. The van der Waals surface area contributed by atoms with Gasteiger partial charge in [0.05, 0.1) is 13.1 Å². The van der Waals surface area contributed by atoms with Gasteiger partial charge in [0, 0.05) is 38.3 Å². The lowest BCUT2D eigenvalue weighted by atomic mass is 10.0. The van der Waals surface area contributed by atoms with Crippen LogP contribution in [0, 0.1) is 0 Å². The summed E-state index contributed by atoms with van der Waals surface area (Å²) in [4.78, 5) is 34.1. The second kappa shape index (κ2) is 9.87. The molecule has 3 heterocycles. The molecule has 3 aliphatic heterocycles. The van der Waals surface area contributed by atoms with E-state index in [0.29, 0.717) is 25.2 Å². The van der Waals surface area contributed by atoms with Crippen molar-refractivity contribution in [3.8, 4) is 0 Å². The van der Waals surface area contributed by atoms with Crippen LogP contribution in [0.2, 0.25) is 0 Å². The Morgan fingerprint density at radius 2 is 1.07 bits per heavy atom. The van der Waals surface area contributed by atoms with E-state index in [1.807, 2.05) is 0 Å². The van der Waals surface area contributed by atoms with Gasteiger partial charge in [-0.25, -0.2) is 0 Å². The van der Waals surface area contributed by atoms with E-state index in [2.05, 4.69) is 33.4 Å². The summed E-state index contributed by atoms with van der Waals surface area (Å²) in [5.74, 6) is 0.572. The van der Waals surface area contributed by atoms with Gasteiger partial charge in [0.1, 0.15) is 0 Å². The van der Waals surface area contributed by atoms with Gasteiger partial charge in [-0.1, -0.05) is 0 Å². The largest absolute Gasteiger partial charge is 0.339 e. The Morgan fingerprint density at radius 3 is 1.48 bits per heavy atom. The molecule has 154 valence electrons. The quantitative estimate of drug-likeness (QED) is 0.748. The van der Waals surface area contributed by atoms with Crippen LogP contribution in [-0.2, 0) is 9.59 Å². The van der Waals surface area contributed by atoms with Crippen LogP contribution in [0.5, 0.6) is 0 Å². The number of nitrogens with zero attached hydrogens (tertiary/aromatic N) is 4. The number of rotatable bonds is 4. The van der Waals surface area contributed by atoms with E-state index in [1.165, 1.54) is 12.8 Å². The summed E-state index contributed by atoms with van der Waals surface area (Å²) in [6, 6.07) is 0.776. The molecule has 0 saturated carbocycles. The number of piperidine rings is 2. The number of hydrogen-bond acceptors (Lipinski definition) is 4. The van der Waals surface area contributed by atoms with E-state index < -0.39 is 0 Å². The topological polar surface area (TPSA) is 47.1 Å². The smallest absolute Gasteiger partial charge is 0.236 e. The van der Waals surface area contributed by atoms with E-state index >= 15 is 0 Å². The van der Waals surface area contributed by atoms with Crippen LogP contribution in [0.1, 0.15) is 58.8 Å². The van der Waals surface area contributed by atoms with Crippen molar-refractivity contribution in [3.63, 3.8) is 0 Å². The molecule has 2 unspecified atom stereocenters. The predicted octanol–water partition coefficient (Wildman–Crippen LogP) is 1.80. The van der Waals surface area contributed by atoms with E-state index in [1.54, 1.807) is 0 Å². The molecule has 0 bridgehead atoms. The standard InChI is InChI=1S/C21H38N4O2/c1-18-8-3-5-12-24(18)20(26)16-22-10-7-11-23(15-14-22)17-21(27)25-13-6-4-9-19(25)2/h18-19H,3-17H2,1-2H3. The number of likely N-dealkylation sites (tertiary alicyclic amines) is 2. The van der Waals surface area contributed by atoms with Gasteiger partial charge >= 0.3 is 0 Å². The van der Waals surface area contributed by atoms with Gasteiger partial charge in [0.25, 0.3) is 0 Å². The first kappa shape index (κ1) is 20.6. The van der Waals surface area contributed by atoms with Crippen LogP contribution >= 0.6 is 0 Å². The zero-order valence-electron chi connectivity index (χ0n) is 17.4. The molecule has 0 radical (unpaired) electrons. The van der Waals surface area contributed by atoms with Crippen LogP contribution < -0.4 is 0 Å². The highest BCUT2D eigenvalue weighted by Gasteiger charge is 2.27. The molecule has 0 N–H and O–H groups in total. The van der Waals surface area contributed by atoms with E-state index in [9.17, 15) is 9.59 Å². The van der Waals surface area contributed by atoms with Crippen molar-refractivity contribution in [2.75, 3.05) is 52.4 Å². The molecule has 6 heteroatoms. The second-order valence-corrected chi connectivity index (χ2v) is 8.77. The Balaban J connectivity index is 1.44. The zero-order valence-corrected chi connectivity index (χ0v) is 17.4. The maximum atomic E-state index is 12.7. The zero-order chi connectivity index (χ0) is 19.2. The lowest BCUT2D eigenvalue weighted by Gasteiger charge is -2.35. The fourth-order valence-electron chi connectivity index (χ4n) is 4.84. The number of carbonyl (C=O) groups is 2. The van der Waals surface area contributed by atoms with Crippen LogP contribution in [0.3, 0.4) is 0 Å². The molecule has 3 aliphatic rings. The van der Waals surface area contributed by atoms with Crippen LogP contribution in [0.4, 0.5) is 0 Å². The first-order chi connectivity index (χ1) is 13.0. The third kappa shape index (κ3) is 5.67. The maximum Gasteiger partial charge on any atom is 0.236 e. The van der Waals surface area contributed by atoms with Crippen LogP contribution in [-0.4, -0.2) is 95.9 Å². The molecule has 0 spiro atoms. The maximum absolute atomic E-state index is 12.7. The summed E-state index contributed by atoms with van der Waals surface area (Å²) in [6.07, 6.45) is 8.07. The normalized spacial score (nSPS) is 28.8. The summed E-state index contributed by atoms with van der Waals surface area (Å²) in [5.41, 5.74) is 0. The molecule has 27 heavy (non-hydrogen) atoms. The van der Waals surface area contributed by atoms with E-state index in [0.717, 1.165) is 71.4 Å². The van der Waals surface area contributed by atoms with E-state index in [4.69, 9.17) is 0 Å². The predicted molar refractivity (Wildman–Crippen MR) is 108 cm³/mol. The Kier molecular flexibility index (Phi) is 7.53. The SMILES string of the molecule is CC1CCCCN1C(=O)CN1CCCN(CC(=O)N2CCCCC2C)CC1. The minimum Gasteiger partial charge on any atom is -0.339 e. The van der Waals surface area contributed by atoms with Crippen molar-refractivity contribution < 1.29 is 9.59 Å². The first-order valence-electron chi connectivity index (χ1n) is 11.1. The molecule has 2 amide bonds. The molecule has 3 fully saturated rings. The minimum atomic E-state index is 0.286. The summed E-state index contributed by atoms with van der Waals surface area (Å²) in [6.45, 7) is 10.9. The molecule has 0 aromatic rings. The van der Waals surface area contributed by atoms with Gasteiger partial charge in [-0.05, 0) is 71.9 Å². The summed E-state index contributed by atoms with van der Waals surface area (Å²) in [5, 5.41) is 0. The van der Waals surface area contributed by atoms with Crippen molar-refractivity contribution in [2.24, 2.45) is 0 Å². The Morgan fingerprint density at radius 1 is 0.630 bits per heavy atom. The molecule has 0 aromatic heterocycles. The minimum absolute atomic E-state index is 0.286. The first-order valence-corrected chi connectivity index (χ1v) is 11.1. The molecular formula is C21H38N4O2. The van der Waals surface area contributed by atoms with Crippen molar-refractivity contribution >= 4 is 11.8 Å². The highest BCUT2D eigenvalue weighted by molar-refractivity contribution is 5.79. The molecular weight excluding hydrogens is 340 g/mol. The third-order valence-electron chi connectivity index (χ3n) is 6.65. The van der Waals surface area contributed by atoms with Gasteiger partial charge < -0.3 is 9.80 Å². The van der Waals surface area contributed by atoms with Crippen LogP contribution in [0.25, 0.3) is 0 Å². The fraction of sp³-hybridized carbons (Fsp3) is 0.905. The molecule has 3 saturated heterocycles. The fourth-order valence-corrected chi connectivity index (χ4v) is 4.84. The molecule has 0 aliphatic carbocycles. The van der Waals surface area contributed by atoms with Gasteiger partial charge in [0.15, 0.2) is 0 Å². The molecule has 6 nitrogen and oxygen atoms in total. The molecule has 0 aromatic carbocycles. The van der Waals surface area contributed by atoms with Gasteiger partial charge in [-0.15, -0.1) is 0 Å².